The molecule has 4 fully saturated rings. The van der Waals surface area contributed by atoms with E-state index in [-0.39, 0.29) is 23.1 Å². The molecule has 0 aliphatic heterocycles. The van der Waals surface area contributed by atoms with Crippen LogP contribution in [0.25, 0.3) is 0 Å². The van der Waals surface area contributed by atoms with E-state index in [9.17, 15) is 9.59 Å². The molecule has 1 aromatic rings. The van der Waals surface area contributed by atoms with E-state index < -0.39 is 6.04 Å². The molecule has 1 atom stereocenters. The van der Waals surface area contributed by atoms with Crippen molar-refractivity contribution in [2.45, 2.75) is 64.2 Å². The number of rotatable bonds is 9. The maximum Gasteiger partial charge on any atom is 0.242 e. The van der Waals surface area contributed by atoms with Crippen LogP contribution in [-0.2, 0) is 15.3 Å². The smallest absolute Gasteiger partial charge is 0.242 e. The van der Waals surface area contributed by atoms with Gasteiger partial charge in [0, 0.05) is 28.3 Å². The second kappa shape index (κ2) is 9.01. The van der Waals surface area contributed by atoms with Crippen molar-refractivity contribution in [2.75, 3.05) is 12.3 Å². The molecular weight excluding hydrogens is 400 g/mol. The van der Waals surface area contributed by atoms with Gasteiger partial charge in [0.2, 0.25) is 11.8 Å². The first-order valence-corrected chi connectivity index (χ1v) is 13.2. The largest absolute Gasteiger partial charge is 0.353 e. The van der Waals surface area contributed by atoms with Gasteiger partial charge in [-0.05, 0) is 73.6 Å². The number of hydrogen-bond acceptors (Lipinski definition) is 4. The Morgan fingerprint density at radius 2 is 1.83 bits per heavy atom. The SMILES string of the molecule is CC(C)C(NC(=O)C12CC3CC(CC(C3)C1)C2)C(=O)NCCSCc1cccs1. The van der Waals surface area contributed by atoms with Crippen LogP contribution < -0.4 is 10.6 Å². The summed E-state index contributed by atoms with van der Waals surface area (Å²) in [6, 6.07) is 3.78. The minimum absolute atomic E-state index is 0.0326. The van der Waals surface area contributed by atoms with Crippen LogP contribution in [0.2, 0.25) is 0 Å². The third-order valence-corrected chi connectivity index (χ3v) is 9.19. The molecular formula is C23H34N2O2S2. The molecule has 1 heterocycles. The molecule has 0 spiro atoms. The lowest BCUT2D eigenvalue weighted by molar-refractivity contribution is -0.149. The van der Waals surface area contributed by atoms with Gasteiger partial charge in [0.15, 0.2) is 0 Å². The molecule has 0 radical (unpaired) electrons. The zero-order valence-electron chi connectivity index (χ0n) is 17.6. The molecule has 29 heavy (non-hydrogen) atoms. The van der Waals surface area contributed by atoms with E-state index in [2.05, 4.69) is 28.1 Å². The number of thioether (sulfide) groups is 1. The van der Waals surface area contributed by atoms with E-state index >= 15 is 0 Å². The normalized spacial score (nSPS) is 31.1. The fourth-order valence-corrected chi connectivity index (χ4v) is 7.84. The Bertz CT molecular complexity index is 681. The van der Waals surface area contributed by atoms with Crippen molar-refractivity contribution >= 4 is 34.9 Å². The number of nitrogens with one attached hydrogen (secondary N) is 2. The average Bonchev–Trinajstić information content (AvgIpc) is 3.17. The van der Waals surface area contributed by atoms with Gasteiger partial charge in [-0.1, -0.05) is 19.9 Å². The maximum absolute atomic E-state index is 13.3. The number of thiophene rings is 1. The summed E-state index contributed by atoms with van der Waals surface area (Å²) in [5.74, 6) is 4.29. The Kier molecular flexibility index (Phi) is 6.59. The summed E-state index contributed by atoms with van der Waals surface area (Å²) in [6.45, 7) is 4.69. The molecule has 6 heteroatoms. The van der Waals surface area contributed by atoms with E-state index in [1.54, 1.807) is 11.3 Å². The highest BCUT2D eigenvalue weighted by Crippen LogP contribution is 2.60. The van der Waals surface area contributed by atoms with Gasteiger partial charge in [-0.25, -0.2) is 0 Å². The first kappa shape index (κ1) is 21.2. The molecule has 4 bridgehead atoms. The Labute approximate surface area is 183 Å². The van der Waals surface area contributed by atoms with E-state index in [4.69, 9.17) is 0 Å². The van der Waals surface area contributed by atoms with Crippen LogP contribution >= 0.6 is 23.1 Å². The molecule has 4 aliphatic carbocycles. The molecule has 5 rings (SSSR count). The predicted molar refractivity (Wildman–Crippen MR) is 121 cm³/mol. The van der Waals surface area contributed by atoms with Gasteiger partial charge in [0.1, 0.15) is 6.04 Å². The van der Waals surface area contributed by atoms with Crippen LogP contribution in [0, 0.1) is 29.1 Å². The molecule has 0 saturated heterocycles. The lowest BCUT2D eigenvalue weighted by atomic mass is 9.49. The molecule has 4 aliphatic rings. The van der Waals surface area contributed by atoms with E-state index in [0.717, 1.165) is 48.5 Å². The van der Waals surface area contributed by atoms with Crippen molar-refractivity contribution in [1.82, 2.24) is 10.6 Å². The second-order valence-corrected chi connectivity index (χ2v) is 12.0. The van der Waals surface area contributed by atoms with Crippen molar-refractivity contribution < 1.29 is 9.59 Å². The molecule has 4 nitrogen and oxygen atoms in total. The van der Waals surface area contributed by atoms with Gasteiger partial charge < -0.3 is 10.6 Å². The first-order chi connectivity index (χ1) is 13.9. The average molecular weight is 435 g/mol. The third-order valence-electron chi connectivity index (χ3n) is 7.13. The Morgan fingerprint density at radius 1 is 1.17 bits per heavy atom. The van der Waals surface area contributed by atoms with Crippen LogP contribution in [-0.4, -0.2) is 30.2 Å². The highest BCUT2D eigenvalue weighted by molar-refractivity contribution is 7.98. The van der Waals surface area contributed by atoms with Gasteiger partial charge in [-0.15, -0.1) is 11.3 Å². The van der Waals surface area contributed by atoms with E-state index in [1.807, 2.05) is 25.6 Å². The van der Waals surface area contributed by atoms with Gasteiger partial charge >= 0.3 is 0 Å². The minimum Gasteiger partial charge on any atom is -0.353 e. The van der Waals surface area contributed by atoms with Crippen molar-refractivity contribution in [3.63, 3.8) is 0 Å². The quantitative estimate of drug-likeness (QED) is 0.564. The summed E-state index contributed by atoms with van der Waals surface area (Å²) in [4.78, 5) is 27.5. The molecule has 0 aromatic carbocycles. The van der Waals surface area contributed by atoms with Crippen LogP contribution in [0.4, 0.5) is 0 Å². The number of carbonyl (C=O) groups excluding carboxylic acids is 2. The van der Waals surface area contributed by atoms with Gasteiger partial charge in [0.05, 0.1) is 0 Å². The number of carbonyl (C=O) groups is 2. The fraction of sp³-hybridized carbons (Fsp3) is 0.739. The number of hydrogen-bond donors (Lipinski definition) is 2. The van der Waals surface area contributed by atoms with Gasteiger partial charge in [-0.2, -0.15) is 11.8 Å². The van der Waals surface area contributed by atoms with Crippen molar-refractivity contribution in [2.24, 2.45) is 29.1 Å². The Hall–Kier alpha value is -1.01. The topological polar surface area (TPSA) is 58.2 Å². The van der Waals surface area contributed by atoms with Crippen LogP contribution in [0.5, 0.6) is 0 Å². The Balaban J connectivity index is 1.27. The van der Waals surface area contributed by atoms with E-state index in [0.29, 0.717) is 6.54 Å². The zero-order chi connectivity index (χ0) is 20.4. The highest BCUT2D eigenvalue weighted by Gasteiger charge is 2.55. The first-order valence-electron chi connectivity index (χ1n) is 11.1. The monoisotopic (exact) mass is 434 g/mol. The van der Waals surface area contributed by atoms with Crippen molar-refractivity contribution in [3.8, 4) is 0 Å². The summed E-state index contributed by atoms with van der Waals surface area (Å²) in [5.41, 5.74) is -0.196. The van der Waals surface area contributed by atoms with Gasteiger partial charge in [-0.3, -0.25) is 9.59 Å². The fourth-order valence-electron chi connectivity index (χ4n) is 6.14. The minimum atomic E-state index is -0.433. The summed E-state index contributed by atoms with van der Waals surface area (Å²) < 4.78 is 0. The lowest BCUT2D eigenvalue weighted by Crippen LogP contribution is -2.58. The third kappa shape index (κ3) is 4.84. The molecule has 1 unspecified atom stereocenters. The van der Waals surface area contributed by atoms with Crippen LogP contribution in [0.15, 0.2) is 17.5 Å². The number of amides is 2. The van der Waals surface area contributed by atoms with Crippen LogP contribution in [0.1, 0.15) is 57.2 Å². The van der Waals surface area contributed by atoms with E-state index in [1.165, 1.54) is 24.1 Å². The highest BCUT2D eigenvalue weighted by atomic mass is 32.2. The summed E-state index contributed by atoms with van der Waals surface area (Å²) >= 11 is 3.60. The maximum atomic E-state index is 13.3. The zero-order valence-corrected chi connectivity index (χ0v) is 19.2. The van der Waals surface area contributed by atoms with Crippen LogP contribution in [0.3, 0.4) is 0 Å². The second-order valence-electron chi connectivity index (χ2n) is 9.82. The summed E-state index contributed by atoms with van der Waals surface area (Å²) in [7, 11) is 0. The van der Waals surface area contributed by atoms with Gasteiger partial charge in [0.25, 0.3) is 0 Å². The molecule has 2 amide bonds. The lowest BCUT2D eigenvalue weighted by Gasteiger charge is -2.55. The van der Waals surface area contributed by atoms with Crippen molar-refractivity contribution in [3.05, 3.63) is 22.4 Å². The molecule has 2 N–H and O–H groups in total. The molecule has 1 aromatic heterocycles. The molecule has 4 saturated carbocycles. The molecule has 160 valence electrons. The predicted octanol–water partition coefficient (Wildman–Crippen LogP) is 4.45. The summed E-state index contributed by atoms with van der Waals surface area (Å²) in [6.07, 6.45) is 7.08. The van der Waals surface area contributed by atoms with Crippen molar-refractivity contribution in [1.29, 1.82) is 0 Å². The standard InChI is InChI=1S/C23H34N2O2S2/c1-15(2)20(21(26)24-5-7-28-14-19-4-3-6-29-19)25-22(27)23-11-16-8-17(12-23)10-18(9-16)13-23/h3-4,6,15-18,20H,5,7-14H2,1-2H3,(H,24,26)(H,25,27). The summed E-state index contributed by atoms with van der Waals surface area (Å²) in [5, 5.41) is 8.33. The Morgan fingerprint density at radius 3 is 2.38 bits per heavy atom.